The number of nitrogens with zero attached hydrogens (tertiary/aromatic N) is 2. The summed E-state index contributed by atoms with van der Waals surface area (Å²) in [6.45, 7) is 6.15. The van der Waals surface area contributed by atoms with E-state index in [2.05, 4.69) is 17.9 Å². The quantitative estimate of drug-likeness (QED) is 0.681. The lowest BCUT2D eigenvalue weighted by Gasteiger charge is -2.38. The predicted octanol–water partition coefficient (Wildman–Crippen LogP) is 2.04. The second kappa shape index (κ2) is 5.65. The predicted molar refractivity (Wildman–Crippen MR) is 62.9 cm³/mol. The number of rotatable bonds is 1. The van der Waals surface area contributed by atoms with Crippen molar-refractivity contribution in [3.05, 3.63) is 0 Å². The minimum atomic E-state index is 0.245. The summed E-state index contributed by atoms with van der Waals surface area (Å²) in [4.78, 5) is 2.50. The monoisotopic (exact) mass is 222 g/mol. The Morgan fingerprint density at radius 2 is 2.12 bits per heavy atom. The summed E-state index contributed by atoms with van der Waals surface area (Å²) in [5.74, 6) is 1.02. The number of nitriles is 1. The molecule has 1 aliphatic carbocycles. The standard InChI is InChI=1S/C13H22N2O/c1-11-3-4-12(10-14)13(9-11)15-5-2-7-16-8-6-15/h11-13H,2-9H2,1H3. The molecule has 1 saturated carbocycles. The molecule has 0 amide bonds. The summed E-state index contributed by atoms with van der Waals surface area (Å²) >= 11 is 0. The maximum atomic E-state index is 9.24. The highest BCUT2D eigenvalue weighted by Gasteiger charge is 2.33. The van der Waals surface area contributed by atoms with Gasteiger partial charge in [0.25, 0.3) is 0 Å². The van der Waals surface area contributed by atoms with Crippen molar-refractivity contribution in [1.29, 1.82) is 5.26 Å². The first kappa shape index (κ1) is 11.9. The number of hydrogen-bond acceptors (Lipinski definition) is 3. The minimum Gasteiger partial charge on any atom is -0.380 e. The molecule has 90 valence electrons. The summed E-state index contributed by atoms with van der Waals surface area (Å²) < 4.78 is 5.49. The molecule has 0 spiro atoms. The van der Waals surface area contributed by atoms with Crippen LogP contribution in [0.15, 0.2) is 0 Å². The van der Waals surface area contributed by atoms with Crippen molar-refractivity contribution in [2.24, 2.45) is 11.8 Å². The van der Waals surface area contributed by atoms with Crippen molar-refractivity contribution < 1.29 is 4.74 Å². The lowest BCUT2D eigenvalue weighted by molar-refractivity contribution is 0.0930. The van der Waals surface area contributed by atoms with Crippen molar-refractivity contribution in [3.63, 3.8) is 0 Å². The van der Waals surface area contributed by atoms with Gasteiger partial charge < -0.3 is 4.74 Å². The molecule has 0 aromatic rings. The molecule has 3 heteroatoms. The van der Waals surface area contributed by atoms with Gasteiger partial charge in [-0.15, -0.1) is 0 Å². The second-order valence-corrected chi connectivity index (χ2v) is 5.22. The molecule has 3 unspecified atom stereocenters. The second-order valence-electron chi connectivity index (χ2n) is 5.22. The zero-order chi connectivity index (χ0) is 11.4. The molecule has 2 aliphatic rings. The molecule has 1 heterocycles. The first-order chi connectivity index (χ1) is 7.81. The molecule has 3 atom stereocenters. The van der Waals surface area contributed by atoms with E-state index in [0.717, 1.165) is 45.1 Å². The van der Waals surface area contributed by atoms with Crippen LogP contribution in [0.3, 0.4) is 0 Å². The van der Waals surface area contributed by atoms with Crippen molar-refractivity contribution >= 4 is 0 Å². The van der Waals surface area contributed by atoms with Crippen molar-refractivity contribution in [1.82, 2.24) is 4.90 Å². The lowest BCUT2D eigenvalue weighted by Crippen LogP contribution is -2.44. The molecule has 2 fully saturated rings. The van der Waals surface area contributed by atoms with Crippen molar-refractivity contribution in [3.8, 4) is 6.07 Å². The maximum absolute atomic E-state index is 9.24. The fraction of sp³-hybridized carbons (Fsp3) is 0.923. The molecule has 1 saturated heterocycles. The van der Waals surface area contributed by atoms with Crippen LogP contribution in [0, 0.1) is 23.2 Å². The molecule has 0 N–H and O–H groups in total. The van der Waals surface area contributed by atoms with E-state index in [4.69, 9.17) is 4.74 Å². The van der Waals surface area contributed by atoms with Gasteiger partial charge in [0.1, 0.15) is 0 Å². The summed E-state index contributed by atoms with van der Waals surface area (Å²) in [6, 6.07) is 2.99. The zero-order valence-electron chi connectivity index (χ0n) is 10.2. The third-order valence-corrected chi connectivity index (χ3v) is 3.97. The Kier molecular flexibility index (Phi) is 4.20. The van der Waals surface area contributed by atoms with Crippen LogP contribution in [0.1, 0.15) is 32.6 Å². The summed E-state index contributed by atoms with van der Waals surface area (Å²) in [5.41, 5.74) is 0. The highest BCUT2D eigenvalue weighted by molar-refractivity contribution is 4.97. The van der Waals surface area contributed by atoms with E-state index < -0.39 is 0 Å². The molecule has 0 aromatic carbocycles. The van der Waals surface area contributed by atoms with Gasteiger partial charge in [0.2, 0.25) is 0 Å². The molecule has 16 heavy (non-hydrogen) atoms. The number of ether oxygens (including phenoxy) is 1. The fourth-order valence-corrected chi connectivity index (χ4v) is 3.00. The van der Waals surface area contributed by atoms with Crippen LogP contribution in [0.4, 0.5) is 0 Å². The number of hydrogen-bond donors (Lipinski definition) is 0. The van der Waals surface area contributed by atoms with E-state index in [1.807, 2.05) is 0 Å². The van der Waals surface area contributed by atoms with Gasteiger partial charge in [-0.1, -0.05) is 6.92 Å². The average Bonchev–Trinajstić information content (AvgIpc) is 2.57. The summed E-state index contributed by atoms with van der Waals surface area (Å²) in [7, 11) is 0. The maximum Gasteiger partial charge on any atom is 0.0672 e. The SMILES string of the molecule is CC1CCC(C#N)C(N2CCCOCC2)C1. The van der Waals surface area contributed by atoms with Gasteiger partial charge >= 0.3 is 0 Å². The largest absolute Gasteiger partial charge is 0.380 e. The van der Waals surface area contributed by atoms with Gasteiger partial charge in [-0.3, -0.25) is 4.90 Å². The van der Waals surface area contributed by atoms with Crippen molar-refractivity contribution in [2.45, 2.75) is 38.6 Å². The van der Waals surface area contributed by atoms with Crippen LogP contribution in [0.5, 0.6) is 0 Å². The normalized spacial score (nSPS) is 37.6. The Hall–Kier alpha value is -0.590. The summed E-state index contributed by atoms with van der Waals surface area (Å²) in [5, 5.41) is 9.24. The van der Waals surface area contributed by atoms with Crippen LogP contribution in [0.2, 0.25) is 0 Å². The van der Waals surface area contributed by atoms with Gasteiger partial charge in [0, 0.05) is 25.7 Å². The van der Waals surface area contributed by atoms with Crippen molar-refractivity contribution in [2.75, 3.05) is 26.3 Å². The Labute approximate surface area is 98.4 Å². The molecular formula is C13H22N2O. The van der Waals surface area contributed by atoms with E-state index >= 15 is 0 Å². The van der Waals surface area contributed by atoms with Gasteiger partial charge in [0.15, 0.2) is 0 Å². The van der Waals surface area contributed by atoms with Crippen LogP contribution >= 0.6 is 0 Å². The third kappa shape index (κ3) is 2.75. The first-order valence-corrected chi connectivity index (χ1v) is 6.52. The van der Waals surface area contributed by atoms with E-state index in [0.29, 0.717) is 6.04 Å². The van der Waals surface area contributed by atoms with Gasteiger partial charge in [-0.2, -0.15) is 5.26 Å². The lowest BCUT2D eigenvalue weighted by atomic mass is 9.79. The van der Waals surface area contributed by atoms with Crippen LogP contribution in [-0.4, -0.2) is 37.2 Å². The van der Waals surface area contributed by atoms with E-state index in [-0.39, 0.29) is 5.92 Å². The fourth-order valence-electron chi connectivity index (χ4n) is 3.00. The molecule has 3 nitrogen and oxygen atoms in total. The highest BCUT2D eigenvalue weighted by atomic mass is 16.5. The molecule has 1 aliphatic heterocycles. The first-order valence-electron chi connectivity index (χ1n) is 6.52. The summed E-state index contributed by atoms with van der Waals surface area (Å²) in [6.07, 6.45) is 4.61. The van der Waals surface area contributed by atoms with Crippen LogP contribution in [-0.2, 0) is 4.74 Å². The Morgan fingerprint density at radius 1 is 1.25 bits per heavy atom. The Morgan fingerprint density at radius 3 is 2.94 bits per heavy atom. The van der Waals surface area contributed by atoms with Gasteiger partial charge in [-0.25, -0.2) is 0 Å². The smallest absolute Gasteiger partial charge is 0.0672 e. The third-order valence-electron chi connectivity index (χ3n) is 3.97. The topological polar surface area (TPSA) is 36.3 Å². The van der Waals surface area contributed by atoms with Crippen LogP contribution in [0.25, 0.3) is 0 Å². The van der Waals surface area contributed by atoms with Gasteiger partial charge in [-0.05, 0) is 31.6 Å². The Balaban J connectivity index is 2.00. The van der Waals surface area contributed by atoms with E-state index in [1.165, 1.54) is 12.8 Å². The molecule has 0 radical (unpaired) electrons. The molecular weight excluding hydrogens is 200 g/mol. The van der Waals surface area contributed by atoms with E-state index in [1.54, 1.807) is 0 Å². The zero-order valence-corrected chi connectivity index (χ0v) is 10.2. The van der Waals surface area contributed by atoms with Crippen LogP contribution < -0.4 is 0 Å². The molecule has 0 bridgehead atoms. The average molecular weight is 222 g/mol. The van der Waals surface area contributed by atoms with E-state index in [9.17, 15) is 5.26 Å². The minimum absolute atomic E-state index is 0.245. The van der Waals surface area contributed by atoms with Gasteiger partial charge in [0.05, 0.1) is 18.6 Å². The molecule has 0 aromatic heterocycles. The Bertz CT molecular complexity index is 253. The highest BCUT2D eigenvalue weighted by Crippen LogP contribution is 2.32. The molecule has 2 rings (SSSR count).